The molecule has 2 N–H and O–H groups in total. The van der Waals surface area contributed by atoms with Gasteiger partial charge in [-0.25, -0.2) is 9.67 Å². The van der Waals surface area contributed by atoms with E-state index >= 15 is 0 Å². The Bertz CT molecular complexity index is 702. The average Bonchev–Trinajstić information content (AvgIpc) is 3.24. The van der Waals surface area contributed by atoms with E-state index in [0.717, 1.165) is 24.0 Å². The van der Waals surface area contributed by atoms with Crippen molar-refractivity contribution >= 4 is 5.91 Å². The molecule has 1 aromatic carbocycles. The number of benzene rings is 1. The molecule has 4 rings (SSSR count). The van der Waals surface area contributed by atoms with E-state index in [1.807, 2.05) is 12.1 Å². The molecule has 2 fully saturated rings. The number of aromatic nitrogens is 3. The number of carbonyl (C=O) groups excluding carboxylic acids is 1. The second-order valence-electron chi connectivity index (χ2n) is 7.32. The van der Waals surface area contributed by atoms with Crippen molar-refractivity contribution < 1.29 is 4.79 Å². The maximum atomic E-state index is 12.4. The molecular weight excluding hydrogens is 314 g/mol. The molecule has 2 saturated heterocycles. The van der Waals surface area contributed by atoms with Gasteiger partial charge in [-0.05, 0) is 42.7 Å². The van der Waals surface area contributed by atoms with Crippen LogP contribution in [0.15, 0.2) is 36.9 Å². The third-order valence-corrected chi connectivity index (χ3v) is 5.44. The molecule has 2 aromatic rings. The first-order chi connectivity index (χ1) is 12.3. The first-order valence-electron chi connectivity index (χ1n) is 9.18. The quantitative estimate of drug-likeness (QED) is 0.843. The Morgan fingerprint density at radius 1 is 1.20 bits per heavy atom. The largest absolute Gasteiger partial charge is 0.352 e. The zero-order valence-corrected chi connectivity index (χ0v) is 14.4. The summed E-state index contributed by atoms with van der Waals surface area (Å²) in [6.45, 7) is 1.24. The molecule has 6 heteroatoms. The van der Waals surface area contributed by atoms with E-state index < -0.39 is 0 Å². The lowest BCUT2D eigenvalue weighted by atomic mass is 9.89. The normalized spacial score (nSPS) is 25.0. The fourth-order valence-electron chi connectivity index (χ4n) is 4.24. The molecule has 2 aliphatic heterocycles. The van der Waals surface area contributed by atoms with E-state index in [2.05, 4.69) is 32.8 Å². The second-order valence-corrected chi connectivity index (χ2v) is 7.32. The highest BCUT2D eigenvalue weighted by atomic mass is 16.1. The van der Waals surface area contributed by atoms with Crippen molar-refractivity contribution in [2.45, 2.75) is 57.3 Å². The van der Waals surface area contributed by atoms with Crippen LogP contribution in [-0.4, -0.2) is 32.8 Å². The van der Waals surface area contributed by atoms with Crippen LogP contribution in [0.25, 0.3) is 0 Å². The van der Waals surface area contributed by atoms with Crippen LogP contribution in [0.4, 0.5) is 0 Å². The number of hydrogen-bond acceptors (Lipinski definition) is 4. The van der Waals surface area contributed by atoms with Gasteiger partial charge in [-0.15, -0.1) is 0 Å². The summed E-state index contributed by atoms with van der Waals surface area (Å²) >= 11 is 0. The molecule has 0 aliphatic carbocycles. The molecule has 2 bridgehead atoms. The van der Waals surface area contributed by atoms with Gasteiger partial charge in [-0.2, -0.15) is 5.10 Å². The minimum absolute atomic E-state index is 0.168. The zero-order valence-electron chi connectivity index (χ0n) is 14.4. The van der Waals surface area contributed by atoms with Crippen molar-refractivity contribution in [2.75, 3.05) is 0 Å². The van der Waals surface area contributed by atoms with Crippen LogP contribution >= 0.6 is 0 Å². The zero-order chi connectivity index (χ0) is 17.1. The number of hydrogen-bond donors (Lipinski definition) is 2. The van der Waals surface area contributed by atoms with E-state index in [0.29, 0.717) is 37.5 Å². The van der Waals surface area contributed by atoms with Crippen LogP contribution < -0.4 is 10.6 Å². The van der Waals surface area contributed by atoms with Crippen molar-refractivity contribution in [3.8, 4) is 0 Å². The first kappa shape index (κ1) is 16.3. The van der Waals surface area contributed by atoms with E-state index in [9.17, 15) is 4.79 Å². The van der Waals surface area contributed by atoms with Gasteiger partial charge in [0, 0.05) is 25.0 Å². The molecule has 1 amide bonds. The summed E-state index contributed by atoms with van der Waals surface area (Å²) in [5.41, 5.74) is 2.30. The highest BCUT2D eigenvalue weighted by Crippen LogP contribution is 2.32. The van der Waals surface area contributed by atoms with Gasteiger partial charge in [0.1, 0.15) is 12.7 Å². The first-order valence-corrected chi connectivity index (χ1v) is 9.18. The lowest BCUT2D eigenvalue weighted by Crippen LogP contribution is -2.39. The molecule has 0 saturated carbocycles. The summed E-state index contributed by atoms with van der Waals surface area (Å²) in [4.78, 5) is 16.4. The molecule has 2 aliphatic rings. The molecule has 2 unspecified atom stereocenters. The number of carbonyl (C=O) groups is 1. The summed E-state index contributed by atoms with van der Waals surface area (Å²) in [6, 6.07) is 9.45. The van der Waals surface area contributed by atoms with Gasteiger partial charge < -0.3 is 10.6 Å². The van der Waals surface area contributed by atoms with Crippen LogP contribution in [0.3, 0.4) is 0 Å². The molecule has 0 spiro atoms. The van der Waals surface area contributed by atoms with E-state index in [4.69, 9.17) is 0 Å². The average molecular weight is 339 g/mol. The van der Waals surface area contributed by atoms with Crippen LogP contribution in [0.2, 0.25) is 0 Å². The van der Waals surface area contributed by atoms with Gasteiger partial charge in [0.05, 0.1) is 6.54 Å². The fraction of sp³-hybridized carbons (Fsp3) is 0.526. The summed E-state index contributed by atoms with van der Waals surface area (Å²) in [7, 11) is 0. The molecule has 0 radical (unpaired) electrons. The third-order valence-electron chi connectivity index (χ3n) is 5.44. The minimum atomic E-state index is 0.168. The molecular formula is C19H25N5O. The number of fused-ring (bicyclic) bond motifs is 2. The van der Waals surface area contributed by atoms with E-state index in [1.165, 1.54) is 19.2 Å². The van der Waals surface area contributed by atoms with Crippen LogP contribution in [-0.2, 0) is 17.9 Å². The number of nitrogens with one attached hydrogen (secondary N) is 2. The Kier molecular flexibility index (Phi) is 4.78. The number of amides is 1. The van der Waals surface area contributed by atoms with Crippen molar-refractivity contribution in [3.63, 3.8) is 0 Å². The predicted molar refractivity (Wildman–Crippen MR) is 94.7 cm³/mol. The molecule has 25 heavy (non-hydrogen) atoms. The monoisotopic (exact) mass is 339 g/mol. The maximum Gasteiger partial charge on any atom is 0.220 e. The van der Waals surface area contributed by atoms with Crippen molar-refractivity contribution in [2.24, 2.45) is 5.92 Å². The van der Waals surface area contributed by atoms with Crippen LogP contribution in [0.1, 0.15) is 43.2 Å². The predicted octanol–water partition coefficient (Wildman–Crippen LogP) is 1.86. The van der Waals surface area contributed by atoms with Crippen molar-refractivity contribution in [1.29, 1.82) is 0 Å². The van der Waals surface area contributed by atoms with Gasteiger partial charge >= 0.3 is 0 Å². The Morgan fingerprint density at radius 3 is 2.68 bits per heavy atom. The van der Waals surface area contributed by atoms with Crippen LogP contribution in [0, 0.1) is 5.92 Å². The van der Waals surface area contributed by atoms with Crippen molar-refractivity contribution in [3.05, 3.63) is 48.0 Å². The highest BCUT2D eigenvalue weighted by Gasteiger charge is 2.34. The van der Waals surface area contributed by atoms with Gasteiger partial charge in [0.15, 0.2) is 0 Å². The lowest BCUT2D eigenvalue weighted by molar-refractivity contribution is -0.122. The molecule has 132 valence electrons. The molecule has 3 heterocycles. The Hall–Kier alpha value is -2.21. The Morgan fingerprint density at radius 2 is 1.96 bits per heavy atom. The molecule has 2 atom stereocenters. The number of piperidine rings is 1. The standard InChI is InChI=1S/C19H25N5O/c25-19(9-14-7-17-5-6-18(8-14)23-17)21-10-15-3-1-2-4-16(15)11-24-13-20-12-22-24/h1-4,12-14,17-18,23H,5-11H2,(H,21,25). The summed E-state index contributed by atoms with van der Waals surface area (Å²) in [6.07, 6.45) is 8.74. The summed E-state index contributed by atoms with van der Waals surface area (Å²) in [5, 5.41) is 10.9. The van der Waals surface area contributed by atoms with Gasteiger partial charge in [-0.1, -0.05) is 24.3 Å². The third kappa shape index (κ3) is 4.07. The summed E-state index contributed by atoms with van der Waals surface area (Å²) < 4.78 is 1.80. The van der Waals surface area contributed by atoms with E-state index in [-0.39, 0.29) is 5.91 Å². The fourth-order valence-corrected chi connectivity index (χ4v) is 4.24. The summed E-state index contributed by atoms with van der Waals surface area (Å²) in [5.74, 6) is 0.700. The number of nitrogens with zero attached hydrogens (tertiary/aromatic N) is 3. The Labute approximate surface area is 148 Å². The highest BCUT2D eigenvalue weighted by molar-refractivity contribution is 5.76. The van der Waals surface area contributed by atoms with Gasteiger partial charge in [-0.3, -0.25) is 4.79 Å². The van der Waals surface area contributed by atoms with E-state index in [1.54, 1.807) is 11.0 Å². The maximum absolute atomic E-state index is 12.4. The topological polar surface area (TPSA) is 71.8 Å². The smallest absolute Gasteiger partial charge is 0.220 e. The van der Waals surface area contributed by atoms with Crippen molar-refractivity contribution in [1.82, 2.24) is 25.4 Å². The SMILES string of the molecule is O=C(CC1CC2CCC(C1)N2)NCc1ccccc1Cn1cncn1. The Balaban J connectivity index is 1.31. The molecule has 1 aromatic heterocycles. The van der Waals surface area contributed by atoms with Crippen LogP contribution in [0.5, 0.6) is 0 Å². The molecule has 6 nitrogen and oxygen atoms in total. The van der Waals surface area contributed by atoms with Gasteiger partial charge in [0.2, 0.25) is 5.91 Å². The second kappa shape index (κ2) is 7.35. The lowest BCUT2D eigenvalue weighted by Gasteiger charge is -2.28. The van der Waals surface area contributed by atoms with Gasteiger partial charge in [0.25, 0.3) is 0 Å². The minimum Gasteiger partial charge on any atom is -0.352 e. The number of rotatable bonds is 6.